The molecule has 2 N–H and O–H groups in total. The number of benzene rings is 2. The molecule has 0 spiro atoms. The number of nitrogens with one attached hydrogen (secondary N) is 2. The third kappa shape index (κ3) is 4.75. The molecule has 0 saturated heterocycles. The predicted octanol–water partition coefficient (Wildman–Crippen LogP) is 3.02. The highest BCUT2D eigenvalue weighted by Crippen LogP contribution is 2.17. The van der Waals surface area contributed by atoms with E-state index in [1.54, 1.807) is 12.1 Å². The first-order valence-electron chi connectivity index (χ1n) is 8.09. The number of hydrogen-bond donors (Lipinski definition) is 2. The van der Waals surface area contributed by atoms with Gasteiger partial charge < -0.3 is 14.5 Å². The fourth-order valence-electron chi connectivity index (χ4n) is 2.28. The minimum Gasteiger partial charge on any atom is -0.486 e. The van der Waals surface area contributed by atoms with E-state index in [1.165, 1.54) is 31.3 Å². The highest BCUT2D eigenvalue weighted by atomic mass is 32.2. The Hall–Kier alpha value is -3.10. The largest absolute Gasteiger partial charge is 0.486 e. The van der Waals surface area contributed by atoms with Gasteiger partial charge >= 0.3 is 0 Å². The topological polar surface area (TPSA) is 97.6 Å². The zero-order valence-corrected chi connectivity index (χ0v) is 15.3. The van der Waals surface area contributed by atoms with Crippen LogP contribution in [-0.2, 0) is 16.6 Å². The van der Waals surface area contributed by atoms with E-state index in [1.807, 2.05) is 30.3 Å². The van der Waals surface area contributed by atoms with Gasteiger partial charge in [-0.15, -0.1) is 0 Å². The molecule has 0 fully saturated rings. The van der Waals surface area contributed by atoms with Crippen LogP contribution >= 0.6 is 0 Å². The van der Waals surface area contributed by atoms with Crippen molar-refractivity contribution in [1.29, 1.82) is 0 Å². The van der Waals surface area contributed by atoms with Crippen LogP contribution in [0.3, 0.4) is 0 Å². The monoisotopic (exact) mass is 386 g/mol. The minimum absolute atomic E-state index is 0.112. The first kappa shape index (κ1) is 18.7. The van der Waals surface area contributed by atoms with Crippen LogP contribution in [0.25, 0.3) is 0 Å². The Labute approximate surface area is 157 Å². The van der Waals surface area contributed by atoms with Gasteiger partial charge in [0.15, 0.2) is 5.76 Å². The van der Waals surface area contributed by atoms with Crippen LogP contribution in [0.1, 0.15) is 16.3 Å². The van der Waals surface area contributed by atoms with E-state index in [-0.39, 0.29) is 17.3 Å². The normalized spacial score (nSPS) is 11.1. The Morgan fingerprint density at radius 2 is 1.70 bits per heavy atom. The molecule has 140 valence electrons. The van der Waals surface area contributed by atoms with Gasteiger partial charge in [0.25, 0.3) is 5.91 Å². The van der Waals surface area contributed by atoms with E-state index in [4.69, 9.17) is 9.15 Å². The number of para-hydroxylation sites is 1. The predicted molar refractivity (Wildman–Crippen MR) is 100 cm³/mol. The molecule has 8 heteroatoms. The molecule has 0 unspecified atom stereocenters. The van der Waals surface area contributed by atoms with E-state index < -0.39 is 15.9 Å². The van der Waals surface area contributed by atoms with Gasteiger partial charge in [0.2, 0.25) is 10.0 Å². The average Bonchev–Trinajstić information content (AvgIpc) is 3.17. The number of amides is 1. The van der Waals surface area contributed by atoms with E-state index in [9.17, 15) is 13.2 Å². The zero-order chi connectivity index (χ0) is 19.3. The van der Waals surface area contributed by atoms with E-state index in [0.29, 0.717) is 17.2 Å². The summed E-state index contributed by atoms with van der Waals surface area (Å²) in [6.45, 7) is 0.202. The second-order valence-electron chi connectivity index (χ2n) is 5.55. The molecular formula is C19H18N2O5S. The quantitative estimate of drug-likeness (QED) is 0.650. The molecule has 1 amide bonds. The molecule has 0 bridgehead atoms. The molecule has 2 aromatic carbocycles. The smallest absolute Gasteiger partial charge is 0.291 e. The van der Waals surface area contributed by atoms with Crippen molar-refractivity contribution >= 4 is 21.6 Å². The van der Waals surface area contributed by atoms with E-state index >= 15 is 0 Å². The van der Waals surface area contributed by atoms with E-state index in [2.05, 4.69) is 10.0 Å². The summed E-state index contributed by atoms with van der Waals surface area (Å²) in [5.41, 5.74) is 0.452. The lowest BCUT2D eigenvalue weighted by molar-refractivity contribution is 0.0992. The van der Waals surface area contributed by atoms with Crippen LogP contribution in [0.5, 0.6) is 5.75 Å². The summed E-state index contributed by atoms with van der Waals surface area (Å²) >= 11 is 0. The van der Waals surface area contributed by atoms with Crippen LogP contribution in [0.15, 0.2) is 76.0 Å². The van der Waals surface area contributed by atoms with Gasteiger partial charge in [0.05, 0.1) is 4.90 Å². The van der Waals surface area contributed by atoms with Gasteiger partial charge in [-0.1, -0.05) is 18.2 Å². The maximum Gasteiger partial charge on any atom is 0.291 e. The van der Waals surface area contributed by atoms with Crippen LogP contribution in [0, 0.1) is 0 Å². The average molecular weight is 386 g/mol. The van der Waals surface area contributed by atoms with Gasteiger partial charge in [-0.3, -0.25) is 4.79 Å². The minimum atomic E-state index is -3.52. The summed E-state index contributed by atoms with van der Waals surface area (Å²) in [5.74, 6) is 0.912. The first-order valence-corrected chi connectivity index (χ1v) is 9.58. The molecule has 1 heterocycles. The van der Waals surface area contributed by atoms with Gasteiger partial charge in [-0.05, 0) is 55.6 Å². The van der Waals surface area contributed by atoms with Crippen molar-refractivity contribution in [3.8, 4) is 5.75 Å². The molecule has 1 aromatic heterocycles. The summed E-state index contributed by atoms with van der Waals surface area (Å²) in [7, 11) is -2.18. The Morgan fingerprint density at radius 1 is 1.00 bits per heavy atom. The number of sulfonamides is 1. The van der Waals surface area contributed by atoms with Crippen molar-refractivity contribution in [2.75, 3.05) is 12.4 Å². The molecule has 0 saturated carbocycles. The molecule has 27 heavy (non-hydrogen) atoms. The Bertz CT molecular complexity index is 1010. The first-order chi connectivity index (χ1) is 13.0. The van der Waals surface area contributed by atoms with Gasteiger partial charge in [-0.2, -0.15) is 0 Å². The van der Waals surface area contributed by atoms with Crippen LogP contribution in [-0.4, -0.2) is 21.4 Å². The number of carbonyl (C=O) groups excluding carboxylic acids is 1. The standard InChI is InChI=1S/C19H18N2O5S/c1-20-27(23,24)17-10-7-14(8-11-17)21-19(22)18-12-9-16(26-18)13-25-15-5-3-2-4-6-15/h2-12,20H,13H2,1H3,(H,21,22). The fraction of sp³-hybridized carbons (Fsp3) is 0.105. The molecule has 0 radical (unpaired) electrons. The lowest BCUT2D eigenvalue weighted by Crippen LogP contribution is -2.18. The SMILES string of the molecule is CNS(=O)(=O)c1ccc(NC(=O)c2ccc(COc3ccccc3)o2)cc1. The number of rotatable bonds is 7. The lowest BCUT2D eigenvalue weighted by atomic mass is 10.3. The number of anilines is 1. The van der Waals surface area contributed by atoms with Crippen molar-refractivity contribution in [2.24, 2.45) is 0 Å². The molecular weight excluding hydrogens is 368 g/mol. The van der Waals surface area contributed by atoms with Crippen molar-refractivity contribution in [2.45, 2.75) is 11.5 Å². The molecule has 0 aliphatic rings. The second-order valence-corrected chi connectivity index (χ2v) is 7.44. The highest BCUT2D eigenvalue weighted by Gasteiger charge is 2.14. The van der Waals surface area contributed by atoms with Gasteiger partial charge in [0, 0.05) is 5.69 Å². The van der Waals surface area contributed by atoms with Crippen molar-refractivity contribution in [1.82, 2.24) is 4.72 Å². The summed E-state index contributed by atoms with van der Waals surface area (Å²) in [5, 5.41) is 2.65. The molecule has 0 aliphatic heterocycles. The molecule has 3 aromatic rings. The molecule has 7 nitrogen and oxygen atoms in total. The molecule has 0 atom stereocenters. The third-order valence-electron chi connectivity index (χ3n) is 3.70. The maximum atomic E-state index is 12.3. The van der Waals surface area contributed by atoms with Crippen molar-refractivity contribution < 1.29 is 22.4 Å². The molecule has 0 aliphatic carbocycles. The Kier molecular flexibility index (Phi) is 5.58. The molecule has 3 rings (SSSR count). The zero-order valence-electron chi connectivity index (χ0n) is 14.5. The number of ether oxygens (including phenoxy) is 1. The number of carbonyl (C=O) groups is 1. The maximum absolute atomic E-state index is 12.3. The summed E-state index contributed by atoms with van der Waals surface area (Å²) in [6.07, 6.45) is 0. The van der Waals surface area contributed by atoms with Crippen LogP contribution in [0.4, 0.5) is 5.69 Å². The second kappa shape index (κ2) is 8.07. The lowest BCUT2D eigenvalue weighted by Gasteiger charge is -2.06. The Morgan fingerprint density at radius 3 is 2.37 bits per heavy atom. The number of furan rings is 1. The van der Waals surface area contributed by atoms with Crippen LogP contribution < -0.4 is 14.8 Å². The summed E-state index contributed by atoms with van der Waals surface area (Å²) in [4.78, 5) is 12.4. The Balaban J connectivity index is 1.61. The van der Waals surface area contributed by atoms with Gasteiger partial charge in [-0.25, -0.2) is 13.1 Å². The summed E-state index contributed by atoms with van der Waals surface area (Å²) < 4.78 is 36.7. The fourth-order valence-corrected chi connectivity index (χ4v) is 3.01. The van der Waals surface area contributed by atoms with Gasteiger partial charge in [0.1, 0.15) is 18.1 Å². The summed E-state index contributed by atoms with van der Waals surface area (Å²) in [6, 6.07) is 18.3. The van der Waals surface area contributed by atoms with E-state index in [0.717, 1.165) is 0 Å². The van der Waals surface area contributed by atoms with Crippen molar-refractivity contribution in [3.05, 3.63) is 78.3 Å². The number of hydrogen-bond acceptors (Lipinski definition) is 5. The van der Waals surface area contributed by atoms with Crippen LogP contribution in [0.2, 0.25) is 0 Å². The highest BCUT2D eigenvalue weighted by molar-refractivity contribution is 7.89. The van der Waals surface area contributed by atoms with Crippen molar-refractivity contribution in [3.63, 3.8) is 0 Å². The third-order valence-corrected chi connectivity index (χ3v) is 5.13.